The molecule has 7 heteroatoms. The van der Waals surface area contributed by atoms with E-state index in [0.717, 1.165) is 5.56 Å². The van der Waals surface area contributed by atoms with Gasteiger partial charge in [0.1, 0.15) is 5.15 Å². The lowest BCUT2D eigenvalue weighted by Gasteiger charge is -1.92. The highest BCUT2D eigenvalue weighted by atomic mass is 35.5. The number of rotatable bonds is 1. The van der Waals surface area contributed by atoms with Crippen molar-refractivity contribution >= 4 is 21.7 Å². The topological polar surface area (TPSA) is 93.3 Å². The number of aromatic nitrogens is 1. The van der Waals surface area contributed by atoms with Gasteiger partial charge in [0, 0.05) is 12.7 Å². The molecule has 0 bridgehead atoms. The van der Waals surface area contributed by atoms with Crippen molar-refractivity contribution < 1.29 is 13.0 Å². The van der Waals surface area contributed by atoms with Crippen LogP contribution in [0.15, 0.2) is 18.3 Å². The van der Waals surface area contributed by atoms with E-state index in [2.05, 4.69) is 4.98 Å². The Balaban J connectivity index is 0.000000292. The SMILES string of the molecule is CS(=O)(=O)O.NCc1ccc(Cl)nc1. The van der Waals surface area contributed by atoms with Crippen LogP contribution in [-0.4, -0.2) is 24.2 Å². The molecule has 0 amide bonds. The van der Waals surface area contributed by atoms with Crippen LogP contribution < -0.4 is 5.73 Å². The first-order chi connectivity index (χ1) is 6.33. The third-order valence-electron chi connectivity index (χ3n) is 1.02. The average molecular weight is 239 g/mol. The van der Waals surface area contributed by atoms with Crippen LogP contribution in [-0.2, 0) is 16.7 Å². The molecule has 0 aromatic carbocycles. The van der Waals surface area contributed by atoms with Crippen LogP contribution in [0.1, 0.15) is 5.56 Å². The molecule has 0 aliphatic heterocycles. The summed E-state index contributed by atoms with van der Waals surface area (Å²) in [4.78, 5) is 3.84. The Labute approximate surface area is 87.7 Å². The van der Waals surface area contributed by atoms with Crippen LogP contribution in [0.4, 0.5) is 0 Å². The minimum atomic E-state index is -3.67. The number of nitrogens with zero attached hydrogens (tertiary/aromatic N) is 1. The summed E-state index contributed by atoms with van der Waals surface area (Å²) in [6.45, 7) is 0.518. The molecule has 1 aromatic heterocycles. The van der Waals surface area contributed by atoms with E-state index in [1.165, 1.54) is 0 Å². The monoisotopic (exact) mass is 238 g/mol. The van der Waals surface area contributed by atoms with Gasteiger partial charge in [0.15, 0.2) is 0 Å². The summed E-state index contributed by atoms with van der Waals surface area (Å²) >= 11 is 5.52. The highest BCUT2D eigenvalue weighted by Gasteiger charge is 1.87. The normalized spacial score (nSPS) is 10.3. The molecule has 0 radical (unpaired) electrons. The summed E-state index contributed by atoms with van der Waals surface area (Å²) in [7, 11) is -3.67. The molecule has 1 aromatic rings. The zero-order chi connectivity index (χ0) is 11.2. The van der Waals surface area contributed by atoms with Crippen molar-refractivity contribution in [2.45, 2.75) is 6.54 Å². The van der Waals surface area contributed by atoms with Crippen LogP contribution in [0.3, 0.4) is 0 Å². The number of hydrogen-bond acceptors (Lipinski definition) is 4. The number of nitrogens with two attached hydrogens (primary N) is 1. The summed E-state index contributed by atoms with van der Waals surface area (Å²) in [5, 5.41) is 0.507. The molecule has 0 aliphatic rings. The van der Waals surface area contributed by atoms with Gasteiger partial charge in [0.05, 0.1) is 6.26 Å². The lowest BCUT2D eigenvalue weighted by molar-refractivity contribution is 0.490. The Bertz CT molecular complexity index is 355. The lowest BCUT2D eigenvalue weighted by Crippen LogP contribution is -1.95. The van der Waals surface area contributed by atoms with E-state index < -0.39 is 10.1 Å². The molecule has 0 fully saturated rings. The zero-order valence-electron chi connectivity index (χ0n) is 7.51. The molecule has 1 rings (SSSR count). The molecule has 5 nitrogen and oxygen atoms in total. The molecule has 0 unspecified atom stereocenters. The van der Waals surface area contributed by atoms with Gasteiger partial charge < -0.3 is 5.73 Å². The van der Waals surface area contributed by atoms with Crippen molar-refractivity contribution in [3.05, 3.63) is 29.0 Å². The third kappa shape index (κ3) is 9.40. The first kappa shape index (κ1) is 13.3. The second kappa shape index (κ2) is 5.92. The molecular weight excluding hydrogens is 228 g/mol. The summed E-state index contributed by atoms with van der Waals surface area (Å²) in [5.41, 5.74) is 6.32. The minimum Gasteiger partial charge on any atom is -0.326 e. The summed E-state index contributed by atoms with van der Waals surface area (Å²) < 4.78 is 25.9. The molecule has 0 aliphatic carbocycles. The second-order valence-corrected chi connectivity index (χ2v) is 4.28. The fourth-order valence-electron chi connectivity index (χ4n) is 0.527. The van der Waals surface area contributed by atoms with Gasteiger partial charge in [-0.25, -0.2) is 4.98 Å². The Morgan fingerprint density at radius 3 is 2.36 bits per heavy atom. The molecular formula is C7H11ClN2O3S. The van der Waals surface area contributed by atoms with Gasteiger partial charge in [-0.1, -0.05) is 17.7 Å². The zero-order valence-corrected chi connectivity index (χ0v) is 9.09. The highest BCUT2D eigenvalue weighted by Crippen LogP contribution is 2.03. The Hall–Kier alpha value is -0.690. The van der Waals surface area contributed by atoms with E-state index in [9.17, 15) is 8.42 Å². The van der Waals surface area contributed by atoms with Gasteiger partial charge in [0.25, 0.3) is 10.1 Å². The molecule has 0 spiro atoms. The Morgan fingerprint density at radius 2 is 2.07 bits per heavy atom. The molecule has 80 valence electrons. The van der Waals surface area contributed by atoms with Crippen molar-refractivity contribution in [1.29, 1.82) is 0 Å². The van der Waals surface area contributed by atoms with Gasteiger partial charge in [0.2, 0.25) is 0 Å². The second-order valence-electron chi connectivity index (χ2n) is 2.43. The van der Waals surface area contributed by atoms with Gasteiger partial charge >= 0.3 is 0 Å². The largest absolute Gasteiger partial charge is 0.326 e. The first-order valence-electron chi connectivity index (χ1n) is 3.56. The fourth-order valence-corrected chi connectivity index (χ4v) is 0.639. The van der Waals surface area contributed by atoms with Crippen LogP contribution >= 0.6 is 11.6 Å². The van der Waals surface area contributed by atoms with Crippen molar-refractivity contribution in [2.75, 3.05) is 6.26 Å². The average Bonchev–Trinajstić information content (AvgIpc) is 2.03. The number of halogens is 1. The number of hydrogen-bond donors (Lipinski definition) is 2. The predicted molar refractivity (Wildman–Crippen MR) is 54.6 cm³/mol. The maximum atomic E-state index is 9.19. The maximum absolute atomic E-state index is 9.19. The number of pyridine rings is 1. The van der Waals surface area contributed by atoms with E-state index in [1.54, 1.807) is 12.3 Å². The van der Waals surface area contributed by atoms with Crippen molar-refractivity contribution in [3.8, 4) is 0 Å². The van der Waals surface area contributed by atoms with Crippen LogP contribution in [0.5, 0.6) is 0 Å². The van der Waals surface area contributed by atoms with Crippen LogP contribution in [0.2, 0.25) is 5.15 Å². The van der Waals surface area contributed by atoms with Gasteiger partial charge in [-0.3, -0.25) is 4.55 Å². The van der Waals surface area contributed by atoms with E-state index in [1.807, 2.05) is 6.07 Å². The lowest BCUT2D eigenvalue weighted by atomic mass is 10.3. The van der Waals surface area contributed by atoms with Gasteiger partial charge in [-0.05, 0) is 11.6 Å². The highest BCUT2D eigenvalue weighted by molar-refractivity contribution is 7.85. The predicted octanol–water partition coefficient (Wildman–Crippen LogP) is 0.698. The molecule has 0 saturated heterocycles. The third-order valence-corrected chi connectivity index (χ3v) is 1.25. The summed E-state index contributed by atoms with van der Waals surface area (Å²) in [6, 6.07) is 3.58. The quantitative estimate of drug-likeness (QED) is 0.555. The van der Waals surface area contributed by atoms with Crippen molar-refractivity contribution in [3.63, 3.8) is 0 Å². The molecule has 0 saturated carbocycles. The fraction of sp³-hybridized carbons (Fsp3) is 0.286. The Kier molecular flexibility index (Phi) is 5.63. The van der Waals surface area contributed by atoms with Gasteiger partial charge in [-0.2, -0.15) is 8.42 Å². The van der Waals surface area contributed by atoms with Crippen molar-refractivity contribution in [1.82, 2.24) is 4.98 Å². The van der Waals surface area contributed by atoms with Crippen LogP contribution in [0, 0.1) is 0 Å². The van der Waals surface area contributed by atoms with E-state index in [4.69, 9.17) is 21.9 Å². The van der Waals surface area contributed by atoms with Crippen LogP contribution in [0.25, 0.3) is 0 Å². The molecule has 0 atom stereocenters. The van der Waals surface area contributed by atoms with Gasteiger partial charge in [-0.15, -0.1) is 0 Å². The van der Waals surface area contributed by atoms with E-state index in [-0.39, 0.29) is 0 Å². The summed E-state index contributed by atoms with van der Waals surface area (Å²) in [6.07, 6.45) is 2.38. The van der Waals surface area contributed by atoms with Crippen molar-refractivity contribution in [2.24, 2.45) is 5.73 Å². The maximum Gasteiger partial charge on any atom is 0.261 e. The smallest absolute Gasteiger partial charge is 0.261 e. The van der Waals surface area contributed by atoms with E-state index >= 15 is 0 Å². The van der Waals surface area contributed by atoms with E-state index in [0.29, 0.717) is 18.0 Å². The standard InChI is InChI=1S/C6H7ClN2.CH4O3S/c7-6-2-1-5(3-8)4-9-6;1-5(2,3)4/h1-2,4H,3,8H2;1H3,(H,2,3,4). The summed E-state index contributed by atoms with van der Waals surface area (Å²) in [5.74, 6) is 0. The minimum absolute atomic E-state index is 0.507. The molecule has 1 heterocycles. The molecule has 3 N–H and O–H groups in total. The Morgan fingerprint density at radius 1 is 1.57 bits per heavy atom. The molecule has 14 heavy (non-hydrogen) atoms. The first-order valence-corrected chi connectivity index (χ1v) is 5.78.